The number of piperidine rings is 2. The number of carbonyl (C=O) groups excluding carboxylic acids is 3. The van der Waals surface area contributed by atoms with Crippen molar-refractivity contribution in [1.29, 1.82) is 0 Å². The van der Waals surface area contributed by atoms with Crippen molar-refractivity contribution in [2.75, 3.05) is 75.1 Å². The standard InChI is InChI=1S/C30H35N7O5.C18H23N7O2.C12H14O4.ClH/c1-30(2,3)42-29(39)20-10-8-19(9-11-20)27(38)33-21-7-6-14-36(16-21)22-15-23(26-31-18-32-37(26)17-22)34-25-13-12-24(40-4)28(35-25)41-5;1-26-15-5-6-16(23-18(15)27-2)22-14-8-13(10-25-17(14)20-11-21-25)24-7-3-4-12(19)9-24;1-12(2,3)16-11(15)9-6-4-8(5-7-9)10(13)14;/h8-13,15,17-18,21H,6-7,14,16H2,1-5H3,(H,33,38)(H,34,35);5-6,8,10-12H,3-4,7,9,19H2,1-2H3,(H,22,23);4-7H,1-3H3,(H,13,14);1H. The largest absolute Gasteiger partial charge is 0.491 e. The highest BCUT2D eigenvalue weighted by Crippen LogP contribution is 2.33. The lowest BCUT2D eigenvalue weighted by atomic mass is 10.0. The number of nitrogens with zero attached hydrogens (tertiary/aromatic N) is 10. The number of aromatic nitrogens is 8. The van der Waals surface area contributed by atoms with E-state index in [1.165, 1.54) is 44.0 Å². The minimum absolute atomic E-state index is 0. The van der Waals surface area contributed by atoms with Crippen LogP contribution in [0, 0.1) is 0 Å². The van der Waals surface area contributed by atoms with E-state index >= 15 is 0 Å². The number of amides is 1. The van der Waals surface area contributed by atoms with Gasteiger partial charge in [-0.3, -0.25) is 4.79 Å². The summed E-state index contributed by atoms with van der Waals surface area (Å²) in [6.45, 7) is 14.0. The Morgan fingerprint density at radius 2 is 1.01 bits per heavy atom. The third kappa shape index (κ3) is 16.9. The molecule has 10 rings (SSSR count). The third-order valence-electron chi connectivity index (χ3n) is 13.2. The maximum atomic E-state index is 13.1. The first kappa shape index (κ1) is 64.1. The average Bonchev–Trinajstić information content (AvgIpc) is 2.75. The van der Waals surface area contributed by atoms with Crippen molar-refractivity contribution in [3.8, 4) is 23.3 Å². The van der Waals surface area contributed by atoms with Gasteiger partial charge in [-0.05, 0) is 152 Å². The molecule has 8 heterocycles. The van der Waals surface area contributed by atoms with E-state index in [0.29, 0.717) is 63.8 Å². The molecule has 6 N–H and O–H groups in total. The van der Waals surface area contributed by atoms with Crippen LogP contribution in [0.2, 0.25) is 0 Å². The van der Waals surface area contributed by atoms with Crippen LogP contribution >= 0.6 is 12.4 Å². The second-order valence-electron chi connectivity index (χ2n) is 21.9. The molecule has 1 amide bonds. The van der Waals surface area contributed by atoms with Crippen molar-refractivity contribution in [3.63, 3.8) is 0 Å². The fourth-order valence-electron chi connectivity index (χ4n) is 9.25. The second kappa shape index (κ2) is 28.4. The lowest BCUT2D eigenvalue weighted by molar-refractivity contribution is 0.00570. The molecule has 2 atom stereocenters. The monoisotopic (exact) mass is 1200 g/mol. The Kier molecular flexibility index (Phi) is 21.2. The first-order valence-electron chi connectivity index (χ1n) is 27.5. The van der Waals surface area contributed by atoms with Crippen molar-refractivity contribution >= 4 is 81.9 Å². The molecule has 2 aliphatic rings. The number of esters is 2. The molecule has 86 heavy (non-hydrogen) atoms. The van der Waals surface area contributed by atoms with Crippen molar-refractivity contribution in [2.24, 2.45) is 5.73 Å². The van der Waals surface area contributed by atoms with Gasteiger partial charge in [0.25, 0.3) is 17.7 Å². The maximum absolute atomic E-state index is 13.1. The van der Waals surface area contributed by atoms with Crippen molar-refractivity contribution in [1.82, 2.24) is 44.5 Å². The quantitative estimate of drug-likeness (QED) is 0.0599. The fourth-order valence-corrected chi connectivity index (χ4v) is 9.25. The smallest absolute Gasteiger partial charge is 0.338 e. The molecule has 0 spiro atoms. The van der Waals surface area contributed by atoms with Gasteiger partial charge in [-0.25, -0.2) is 33.4 Å². The summed E-state index contributed by atoms with van der Waals surface area (Å²) in [5, 5.41) is 27.1. The van der Waals surface area contributed by atoms with Gasteiger partial charge in [0, 0.05) is 43.8 Å². The van der Waals surface area contributed by atoms with Crippen LogP contribution in [0.15, 0.2) is 110 Å². The van der Waals surface area contributed by atoms with E-state index in [-0.39, 0.29) is 36.0 Å². The number of carbonyl (C=O) groups is 4. The van der Waals surface area contributed by atoms with Gasteiger partial charge in [-0.1, -0.05) is 0 Å². The van der Waals surface area contributed by atoms with Crippen LogP contribution in [0.4, 0.5) is 34.4 Å². The molecule has 0 bridgehead atoms. The first-order valence-corrected chi connectivity index (χ1v) is 27.5. The van der Waals surface area contributed by atoms with E-state index in [1.807, 2.05) is 51.4 Å². The zero-order chi connectivity index (χ0) is 61.0. The summed E-state index contributed by atoms with van der Waals surface area (Å²) >= 11 is 0. The van der Waals surface area contributed by atoms with Gasteiger partial charge in [0.05, 0.1) is 80.3 Å². The number of nitrogens with one attached hydrogen (secondary N) is 3. The van der Waals surface area contributed by atoms with Crippen LogP contribution in [0.3, 0.4) is 0 Å². The van der Waals surface area contributed by atoms with Crippen LogP contribution in [-0.4, -0.2) is 146 Å². The molecule has 26 heteroatoms. The Bertz CT molecular complexity index is 3630. The number of benzene rings is 2. The zero-order valence-electron chi connectivity index (χ0n) is 49.7. The number of carboxylic acids is 1. The summed E-state index contributed by atoms with van der Waals surface area (Å²) in [5.41, 5.74) is 11.3. The number of halogens is 1. The summed E-state index contributed by atoms with van der Waals surface area (Å²) < 4.78 is 35.2. The SMILES string of the molecule is CC(C)(C)OC(=O)c1ccc(C(=O)O)cc1.COc1ccc(Nc2cc(N3CCCC(N)C3)cn3ncnc23)nc1OC.COc1ccc(Nc2cc(N3CCCC(NC(=O)c4ccc(C(=O)OC(C)(C)C)cc4)C3)cn3ncnc23)nc1OC.Cl. The van der Waals surface area contributed by atoms with Gasteiger partial charge in [-0.15, -0.1) is 12.4 Å². The van der Waals surface area contributed by atoms with E-state index < -0.39 is 29.1 Å². The van der Waals surface area contributed by atoms with E-state index in [9.17, 15) is 19.2 Å². The van der Waals surface area contributed by atoms with Crippen molar-refractivity contribution in [2.45, 2.75) is 90.5 Å². The number of hydrogen-bond acceptors (Lipinski definition) is 21. The summed E-state index contributed by atoms with van der Waals surface area (Å²) in [5.74, 6) is 1.00. The molecule has 456 valence electrons. The molecule has 2 unspecified atom stereocenters. The number of fused-ring (bicyclic) bond motifs is 2. The number of methoxy groups -OCH3 is 4. The lowest BCUT2D eigenvalue weighted by Gasteiger charge is -2.35. The highest BCUT2D eigenvalue weighted by atomic mass is 35.5. The molecule has 0 saturated carbocycles. The predicted molar refractivity (Wildman–Crippen MR) is 327 cm³/mol. The van der Waals surface area contributed by atoms with Crippen molar-refractivity contribution in [3.05, 3.63) is 132 Å². The Hall–Kier alpha value is -9.49. The number of ether oxygens (including phenoxy) is 6. The minimum atomic E-state index is -1.02. The Labute approximate surface area is 503 Å². The number of pyridine rings is 4. The molecule has 2 saturated heterocycles. The van der Waals surface area contributed by atoms with Gasteiger partial charge in [0.1, 0.15) is 35.5 Å². The van der Waals surface area contributed by atoms with Crippen LogP contribution in [-0.2, 0) is 9.47 Å². The van der Waals surface area contributed by atoms with Crippen LogP contribution in [0.25, 0.3) is 11.3 Å². The molecule has 0 radical (unpaired) electrons. The predicted octanol–water partition coefficient (Wildman–Crippen LogP) is 8.81. The Balaban J connectivity index is 0.000000205. The van der Waals surface area contributed by atoms with Gasteiger partial charge in [0.2, 0.25) is 0 Å². The maximum Gasteiger partial charge on any atom is 0.338 e. The first-order chi connectivity index (χ1) is 40.6. The van der Waals surface area contributed by atoms with Gasteiger partial charge < -0.3 is 65.0 Å². The number of nitrogens with two attached hydrogens (primary N) is 1. The van der Waals surface area contributed by atoms with E-state index in [1.54, 1.807) is 87.5 Å². The summed E-state index contributed by atoms with van der Waals surface area (Å²) in [7, 11) is 6.24. The Morgan fingerprint density at radius 1 is 0.581 bits per heavy atom. The molecule has 6 aromatic heterocycles. The Morgan fingerprint density at radius 3 is 1.43 bits per heavy atom. The van der Waals surface area contributed by atoms with E-state index in [0.717, 1.165) is 73.7 Å². The summed E-state index contributed by atoms with van der Waals surface area (Å²) in [4.78, 5) is 69.7. The molecular weight excluding hydrogens is 1130 g/mol. The number of carboxylic acid groups (broad SMARTS) is 1. The van der Waals surface area contributed by atoms with Crippen LogP contribution < -0.4 is 50.4 Å². The van der Waals surface area contributed by atoms with Gasteiger partial charge in [-0.2, -0.15) is 20.2 Å². The summed E-state index contributed by atoms with van der Waals surface area (Å²) in [6, 6.07) is 23.6. The molecule has 2 fully saturated rings. The highest BCUT2D eigenvalue weighted by molar-refractivity contribution is 5.96. The highest BCUT2D eigenvalue weighted by Gasteiger charge is 2.26. The number of hydrogen-bond donors (Lipinski definition) is 5. The topological polar surface area (TPSA) is 299 Å². The number of rotatable bonds is 15. The van der Waals surface area contributed by atoms with Crippen molar-refractivity contribution < 1.29 is 52.7 Å². The van der Waals surface area contributed by atoms with Crippen LogP contribution in [0.5, 0.6) is 23.3 Å². The van der Waals surface area contributed by atoms with E-state index in [2.05, 4.69) is 61.9 Å². The van der Waals surface area contributed by atoms with Gasteiger partial charge in [0.15, 0.2) is 22.8 Å². The number of anilines is 6. The molecule has 25 nitrogen and oxygen atoms in total. The second-order valence-corrected chi connectivity index (χ2v) is 21.9. The average molecular weight is 1200 g/mol. The normalized spacial score (nSPS) is 14.9. The van der Waals surface area contributed by atoms with Crippen LogP contribution in [0.1, 0.15) is 109 Å². The lowest BCUT2D eigenvalue weighted by Crippen LogP contribution is -2.47. The molecular formula is C60H73ClN14O11. The zero-order valence-corrected chi connectivity index (χ0v) is 50.5. The fraction of sp³-hybridized carbons (Fsp3) is 0.367. The summed E-state index contributed by atoms with van der Waals surface area (Å²) in [6.07, 6.45) is 10.8. The number of aromatic carboxylic acids is 1. The molecule has 8 aromatic rings. The molecule has 2 aromatic carbocycles. The van der Waals surface area contributed by atoms with Gasteiger partial charge >= 0.3 is 17.9 Å². The molecule has 2 aliphatic heterocycles. The third-order valence-corrected chi connectivity index (χ3v) is 13.2. The van der Waals surface area contributed by atoms with E-state index in [4.69, 9.17) is 39.3 Å². The minimum Gasteiger partial charge on any atom is -0.491 e. The molecule has 0 aliphatic carbocycles.